The van der Waals surface area contributed by atoms with Gasteiger partial charge in [-0.2, -0.15) is 11.8 Å². The highest BCUT2D eigenvalue weighted by Gasteiger charge is 2.22. The third-order valence-corrected chi connectivity index (χ3v) is 3.56. The van der Waals surface area contributed by atoms with Crippen molar-refractivity contribution in [2.75, 3.05) is 12.0 Å². The highest BCUT2D eigenvalue weighted by molar-refractivity contribution is 7.98. The van der Waals surface area contributed by atoms with Crippen LogP contribution in [0.4, 0.5) is 0 Å². The molecule has 0 saturated carbocycles. The molecule has 1 aromatic heterocycles. The Bertz CT molecular complexity index is 612. The summed E-state index contributed by atoms with van der Waals surface area (Å²) in [5.41, 5.74) is 1.00. The zero-order valence-corrected chi connectivity index (χ0v) is 12.4. The van der Waals surface area contributed by atoms with Crippen LogP contribution in [0.1, 0.15) is 23.9 Å². The first-order valence-corrected chi connectivity index (χ1v) is 7.84. The number of aromatic nitrogens is 4. The lowest BCUT2D eigenvalue weighted by molar-refractivity contribution is -0.141. The molecule has 1 heterocycles. The van der Waals surface area contributed by atoms with E-state index in [9.17, 15) is 9.90 Å². The summed E-state index contributed by atoms with van der Waals surface area (Å²) in [5.74, 6) is 0.247. The third-order valence-electron chi connectivity index (χ3n) is 2.92. The smallest absolute Gasteiger partial charge is 0.328 e. The van der Waals surface area contributed by atoms with Crippen molar-refractivity contribution in [3.05, 3.63) is 41.7 Å². The van der Waals surface area contributed by atoms with Gasteiger partial charge in [-0.05, 0) is 40.5 Å². The number of hydrogen-bond acceptors (Lipinski definition) is 5. The number of aliphatic carboxylic acids is 1. The molecule has 110 valence electrons. The van der Waals surface area contributed by atoms with Gasteiger partial charge in [-0.25, -0.2) is 9.48 Å². The first kappa shape index (κ1) is 15.2. The van der Waals surface area contributed by atoms with Crippen LogP contribution in [0.5, 0.6) is 0 Å². The lowest BCUT2D eigenvalue weighted by Gasteiger charge is -2.11. The number of hydrogen-bond donors (Lipinski definition) is 1. The molecule has 0 aliphatic heterocycles. The van der Waals surface area contributed by atoms with Gasteiger partial charge < -0.3 is 5.11 Å². The van der Waals surface area contributed by atoms with E-state index in [1.54, 1.807) is 17.8 Å². The van der Waals surface area contributed by atoms with Crippen molar-refractivity contribution in [3.63, 3.8) is 0 Å². The molecular weight excluding hydrogens is 288 g/mol. The summed E-state index contributed by atoms with van der Waals surface area (Å²) < 4.78 is 1.36. The number of nitrogens with zero attached hydrogens (tertiary/aromatic N) is 4. The minimum atomic E-state index is -0.925. The van der Waals surface area contributed by atoms with Gasteiger partial charge in [-0.1, -0.05) is 36.4 Å². The van der Waals surface area contributed by atoms with Crippen molar-refractivity contribution < 1.29 is 9.90 Å². The second-order valence-corrected chi connectivity index (χ2v) is 5.35. The van der Waals surface area contributed by atoms with Gasteiger partial charge >= 0.3 is 5.97 Å². The lowest BCUT2D eigenvalue weighted by Crippen LogP contribution is -2.22. The van der Waals surface area contributed by atoms with Crippen LogP contribution in [0.3, 0.4) is 0 Å². The topological polar surface area (TPSA) is 80.9 Å². The Morgan fingerprint density at radius 3 is 2.81 bits per heavy atom. The maximum atomic E-state index is 11.4. The number of carbonyl (C=O) groups is 1. The molecule has 7 heteroatoms. The summed E-state index contributed by atoms with van der Waals surface area (Å²) in [6.07, 6.45) is 6.00. The van der Waals surface area contributed by atoms with Crippen molar-refractivity contribution in [2.24, 2.45) is 0 Å². The average Bonchev–Trinajstić information content (AvgIpc) is 2.94. The second-order valence-electron chi connectivity index (χ2n) is 4.36. The van der Waals surface area contributed by atoms with Gasteiger partial charge in [0.1, 0.15) is 0 Å². The monoisotopic (exact) mass is 304 g/mol. The van der Waals surface area contributed by atoms with Gasteiger partial charge in [0.15, 0.2) is 11.9 Å². The zero-order valence-electron chi connectivity index (χ0n) is 11.6. The Morgan fingerprint density at radius 1 is 1.38 bits per heavy atom. The third kappa shape index (κ3) is 4.16. The van der Waals surface area contributed by atoms with E-state index in [0.29, 0.717) is 12.2 Å². The highest BCUT2D eigenvalue weighted by atomic mass is 32.2. The van der Waals surface area contributed by atoms with Crippen LogP contribution in [0.2, 0.25) is 0 Å². The molecular formula is C14H16N4O2S. The van der Waals surface area contributed by atoms with E-state index in [4.69, 9.17) is 0 Å². The fraction of sp³-hybridized carbons (Fsp3) is 0.286. The predicted octanol–water partition coefficient (Wildman–Crippen LogP) is 2.22. The molecule has 1 aromatic carbocycles. The highest BCUT2D eigenvalue weighted by Crippen LogP contribution is 2.16. The van der Waals surface area contributed by atoms with Crippen LogP contribution in [-0.2, 0) is 4.79 Å². The van der Waals surface area contributed by atoms with Gasteiger partial charge in [-0.3, -0.25) is 0 Å². The van der Waals surface area contributed by atoms with Crippen molar-refractivity contribution in [1.29, 1.82) is 0 Å². The summed E-state index contributed by atoms with van der Waals surface area (Å²) in [5, 5.41) is 20.6. The van der Waals surface area contributed by atoms with E-state index in [1.807, 2.05) is 42.7 Å². The van der Waals surface area contributed by atoms with Crippen molar-refractivity contribution in [2.45, 2.75) is 12.5 Å². The number of thioether (sulfide) groups is 1. The van der Waals surface area contributed by atoms with Crippen molar-refractivity contribution in [1.82, 2.24) is 20.2 Å². The quantitative estimate of drug-likeness (QED) is 0.844. The normalized spacial score (nSPS) is 12.6. The van der Waals surface area contributed by atoms with E-state index < -0.39 is 12.0 Å². The minimum absolute atomic E-state index is 0.437. The van der Waals surface area contributed by atoms with E-state index in [2.05, 4.69) is 15.5 Å². The van der Waals surface area contributed by atoms with Gasteiger partial charge in [0, 0.05) is 0 Å². The fourth-order valence-corrected chi connectivity index (χ4v) is 2.31. The fourth-order valence-electron chi connectivity index (χ4n) is 1.85. The molecule has 0 aliphatic rings. The van der Waals surface area contributed by atoms with Crippen molar-refractivity contribution in [3.8, 4) is 0 Å². The predicted molar refractivity (Wildman–Crippen MR) is 82.9 cm³/mol. The molecule has 1 atom stereocenters. The van der Waals surface area contributed by atoms with Gasteiger partial charge in [0.25, 0.3) is 0 Å². The van der Waals surface area contributed by atoms with E-state index >= 15 is 0 Å². The average molecular weight is 304 g/mol. The summed E-state index contributed by atoms with van der Waals surface area (Å²) >= 11 is 1.60. The number of tetrazole rings is 1. The lowest BCUT2D eigenvalue weighted by atomic mass is 10.2. The van der Waals surface area contributed by atoms with Gasteiger partial charge in [0.2, 0.25) is 0 Å². The van der Waals surface area contributed by atoms with Crippen LogP contribution in [0.15, 0.2) is 30.3 Å². The standard InChI is InChI=1S/C14H16N4O2S/c1-21-10-9-12(14(19)20)18-13(15-16-17-18)8-7-11-5-3-2-4-6-11/h2-8,12H,9-10H2,1H3,(H,19,20)/b8-7+. The minimum Gasteiger partial charge on any atom is -0.480 e. The molecule has 1 N–H and O–H groups in total. The van der Waals surface area contributed by atoms with E-state index in [1.165, 1.54) is 4.68 Å². The summed E-state index contributed by atoms with van der Waals surface area (Å²) in [6, 6.07) is 8.95. The molecule has 21 heavy (non-hydrogen) atoms. The molecule has 2 rings (SSSR count). The number of carboxylic acid groups (broad SMARTS) is 1. The Labute approximate surface area is 126 Å². The molecule has 0 saturated heterocycles. The maximum Gasteiger partial charge on any atom is 0.328 e. The first-order valence-electron chi connectivity index (χ1n) is 6.45. The Balaban J connectivity index is 2.20. The molecule has 1 unspecified atom stereocenters. The maximum absolute atomic E-state index is 11.4. The Morgan fingerprint density at radius 2 is 2.14 bits per heavy atom. The summed E-state index contributed by atoms with van der Waals surface area (Å²) in [6.45, 7) is 0. The Kier molecular flexibility index (Phi) is 5.51. The molecule has 0 fully saturated rings. The molecule has 0 amide bonds. The van der Waals surface area contributed by atoms with E-state index in [0.717, 1.165) is 11.3 Å². The molecule has 0 aliphatic carbocycles. The second kappa shape index (κ2) is 7.58. The molecule has 2 aromatic rings. The van der Waals surface area contributed by atoms with E-state index in [-0.39, 0.29) is 0 Å². The Hall–Kier alpha value is -2.15. The summed E-state index contributed by atoms with van der Waals surface area (Å²) in [4.78, 5) is 11.4. The summed E-state index contributed by atoms with van der Waals surface area (Å²) in [7, 11) is 0. The number of rotatable bonds is 7. The first-order chi connectivity index (χ1) is 10.2. The SMILES string of the molecule is CSCCC(C(=O)O)n1nnnc1/C=C/c1ccccc1. The van der Waals surface area contributed by atoms with Crippen LogP contribution >= 0.6 is 11.8 Å². The van der Waals surface area contributed by atoms with Crippen LogP contribution < -0.4 is 0 Å². The van der Waals surface area contributed by atoms with Crippen LogP contribution in [-0.4, -0.2) is 43.3 Å². The van der Waals surface area contributed by atoms with Crippen LogP contribution in [0.25, 0.3) is 12.2 Å². The van der Waals surface area contributed by atoms with Gasteiger partial charge in [-0.15, -0.1) is 5.10 Å². The molecule has 0 radical (unpaired) electrons. The van der Waals surface area contributed by atoms with Crippen molar-refractivity contribution >= 4 is 29.9 Å². The largest absolute Gasteiger partial charge is 0.480 e. The van der Waals surface area contributed by atoms with Crippen LogP contribution in [0, 0.1) is 0 Å². The number of benzene rings is 1. The molecule has 0 bridgehead atoms. The molecule has 6 nitrogen and oxygen atoms in total. The molecule has 0 spiro atoms. The number of carboxylic acids is 1. The van der Waals surface area contributed by atoms with Gasteiger partial charge in [0.05, 0.1) is 0 Å². The zero-order chi connectivity index (χ0) is 15.1.